The molecule has 1 aliphatic heterocycles. The number of hydrogen-bond acceptors (Lipinski definition) is 4. The third-order valence-electron chi connectivity index (χ3n) is 3.71. The lowest BCUT2D eigenvalue weighted by molar-refractivity contribution is -0.167. The Morgan fingerprint density at radius 3 is 2.33 bits per heavy atom. The number of hydrogen-bond donors (Lipinski definition) is 0. The molecule has 5 nitrogen and oxygen atoms in total. The standard InChI is InChI=1S/C16H15NO4/c18-14(10-11-6-2-1-3-7-11)21-17-15(19)12-8-4-5-9-13(12)16(17)20/h4-6,8-9H,1-3,7,10H2. The summed E-state index contributed by atoms with van der Waals surface area (Å²) >= 11 is 0. The SMILES string of the molecule is O=C(CC1=CCCCC1)ON1C(=O)c2ccccc2C1=O. The van der Waals surface area contributed by atoms with Crippen LogP contribution in [0.25, 0.3) is 0 Å². The maximum Gasteiger partial charge on any atom is 0.337 e. The molecule has 0 fully saturated rings. The summed E-state index contributed by atoms with van der Waals surface area (Å²) in [5.74, 6) is -1.74. The Balaban J connectivity index is 1.69. The number of benzene rings is 1. The molecule has 108 valence electrons. The van der Waals surface area contributed by atoms with Gasteiger partial charge in [-0.25, -0.2) is 4.79 Å². The van der Waals surface area contributed by atoms with Crippen molar-refractivity contribution >= 4 is 17.8 Å². The molecular formula is C16H15NO4. The molecule has 0 atom stereocenters. The van der Waals surface area contributed by atoms with E-state index in [1.807, 2.05) is 6.08 Å². The minimum atomic E-state index is -0.582. The maximum atomic E-state index is 12.0. The van der Waals surface area contributed by atoms with Crippen molar-refractivity contribution in [2.24, 2.45) is 0 Å². The van der Waals surface area contributed by atoms with Crippen LogP contribution in [0.4, 0.5) is 0 Å². The van der Waals surface area contributed by atoms with Crippen molar-refractivity contribution in [2.75, 3.05) is 0 Å². The van der Waals surface area contributed by atoms with E-state index in [2.05, 4.69) is 0 Å². The van der Waals surface area contributed by atoms with Crippen LogP contribution in [0.3, 0.4) is 0 Å². The molecule has 2 aliphatic rings. The van der Waals surface area contributed by atoms with Crippen molar-refractivity contribution in [1.82, 2.24) is 5.06 Å². The van der Waals surface area contributed by atoms with Gasteiger partial charge in [-0.05, 0) is 37.8 Å². The highest BCUT2D eigenvalue weighted by molar-refractivity contribution is 6.20. The lowest BCUT2D eigenvalue weighted by atomic mass is 9.97. The van der Waals surface area contributed by atoms with Crippen LogP contribution in [-0.4, -0.2) is 22.8 Å². The zero-order valence-electron chi connectivity index (χ0n) is 11.5. The topological polar surface area (TPSA) is 63.7 Å². The third-order valence-corrected chi connectivity index (χ3v) is 3.71. The molecule has 1 aliphatic carbocycles. The Morgan fingerprint density at radius 1 is 1.10 bits per heavy atom. The molecule has 0 unspecified atom stereocenters. The fraction of sp³-hybridized carbons (Fsp3) is 0.312. The van der Waals surface area contributed by atoms with Crippen LogP contribution in [0, 0.1) is 0 Å². The number of allylic oxidation sites excluding steroid dienone is 1. The Kier molecular flexibility index (Phi) is 3.56. The van der Waals surface area contributed by atoms with Crippen molar-refractivity contribution < 1.29 is 19.2 Å². The van der Waals surface area contributed by atoms with Crippen molar-refractivity contribution in [3.05, 3.63) is 47.0 Å². The second kappa shape index (κ2) is 5.52. The molecule has 21 heavy (non-hydrogen) atoms. The summed E-state index contributed by atoms with van der Waals surface area (Å²) in [4.78, 5) is 41.0. The molecule has 0 radical (unpaired) electrons. The Morgan fingerprint density at radius 2 is 1.76 bits per heavy atom. The molecule has 0 spiro atoms. The number of nitrogens with zero attached hydrogens (tertiary/aromatic N) is 1. The minimum Gasteiger partial charge on any atom is -0.329 e. The Labute approximate surface area is 122 Å². The maximum absolute atomic E-state index is 12.0. The van der Waals surface area contributed by atoms with Gasteiger partial charge in [-0.1, -0.05) is 28.8 Å². The first-order valence-electron chi connectivity index (χ1n) is 7.03. The molecule has 1 aromatic carbocycles. The molecular weight excluding hydrogens is 270 g/mol. The van der Waals surface area contributed by atoms with E-state index in [9.17, 15) is 14.4 Å². The highest BCUT2D eigenvalue weighted by Gasteiger charge is 2.38. The van der Waals surface area contributed by atoms with Crippen LogP contribution in [0.5, 0.6) is 0 Å². The fourth-order valence-corrected chi connectivity index (χ4v) is 2.63. The molecule has 3 rings (SSSR count). The van der Waals surface area contributed by atoms with E-state index >= 15 is 0 Å². The Hall–Kier alpha value is -2.43. The molecule has 0 bridgehead atoms. The Bertz CT molecular complexity index is 612. The number of rotatable bonds is 3. The molecule has 1 aromatic rings. The van der Waals surface area contributed by atoms with Gasteiger partial charge >= 0.3 is 5.97 Å². The highest BCUT2D eigenvalue weighted by atomic mass is 16.7. The quantitative estimate of drug-likeness (QED) is 0.632. The summed E-state index contributed by atoms with van der Waals surface area (Å²) in [5.41, 5.74) is 1.56. The monoisotopic (exact) mass is 285 g/mol. The van der Waals surface area contributed by atoms with Crippen LogP contribution in [-0.2, 0) is 9.63 Å². The van der Waals surface area contributed by atoms with Gasteiger partial charge in [0, 0.05) is 0 Å². The van der Waals surface area contributed by atoms with E-state index < -0.39 is 17.8 Å². The van der Waals surface area contributed by atoms with Gasteiger partial charge in [0.15, 0.2) is 0 Å². The first kappa shape index (κ1) is 13.5. The number of carbonyl (C=O) groups excluding carboxylic acids is 3. The number of carbonyl (C=O) groups is 3. The van der Waals surface area contributed by atoms with Gasteiger partial charge in [0.2, 0.25) is 0 Å². The summed E-state index contributed by atoms with van der Waals surface area (Å²) in [6, 6.07) is 6.44. The molecule has 0 saturated heterocycles. The fourth-order valence-electron chi connectivity index (χ4n) is 2.63. The molecule has 1 heterocycles. The van der Waals surface area contributed by atoms with Crippen molar-refractivity contribution in [1.29, 1.82) is 0 Å². The minimum absolute atomic E-state index is 0.132. The van der Waals surface area contributed by atoms with Crippen molar-refractivity contribution in [2.45, 2.75) is 32.1 Å². The van der Waals surface area contributed by atoms with Gasteiger partial charge in [0.1, 0.15) is 0 Å². The largest absolute Gasteiger partial charge is 0.337 e. The van der Waals surface area contributed by atoms with Gasteiger partial charge < -0.3 is 4.84 Å². The lowest BCUT2D eigenvalue weighted by Crippen LogP contribution is -2.32. The van der Waals surface area contributed by atoms with Gasteiger partial charge in [0.05, 0.1) is 17.5 Å². The second-order valence-corrected chi connectivity index (χ2v) is 5.20. The van der Waals surface area contributed by atoms with E-state index in [1.54, 1.807) is 24.3 Å². The molecule has 2 amide bonds. The summed E-state index contributed by atoms with van der Waals surface area (Å²) in [6.45, 7) is 0. The van der Waals surface area contributed by atoms with Crippen LogP contribution in [0.2, 0.25) is 0 Å². The van der Waals surface area contributed by atoms with Gasteiger partial charge in [-0.3, -0.25) is 9.59 Å². The normalized spacial score (nSPS) is 17.5. The lowest BCUT2D eigenvalue weighted by Gasteiger charge is -2.15. The number of fused-ring (bicyclic) bond motifs is 1. The summed E-state index contributed by atoms with van der Waals surface area (Å²) in [7, 11) is 0. The van der Waals surface area contributed by atoms with Crippen molar-refractivity contribution in [3.8, 4) is 0 Å². The van der Waals surface area contributed by atoms with Crippen molar-refractivity contribution in [3.63, 3.8) is 0 Å². The highest BCUT2D eigenvalue weighted by Crippen LogP contribution is 2.24. The van der Waals surface area contributed by atoms with Gasteiger partial charge in [-0.2, -0.15) is 0 Å². The number of imide groups is 1. The third kappa shape index (κ3) is 2.59. The molecule has 5 heteroatoms. The number of hydroxylamine groups is 2. The van der Waals surface area contributed by atoms with E-state index in [1.165, 1.54) is 0 Å². The molecule has 0 aromatic heterocycles. The first-order chi connectivity index (χ1) is 10.2. The average molecular weight is 285 g/mol. The summed E-state index contributed by atoms with van der Waals surface area (Å²) < 4.78 is 0. The first-order valence-corrected chi connectivity index (χ1v) is 7.03. The summed E-state index contributed by atoms with van der Waals surface area (Å²) in [6.07, 6.45) is 6.20. The van der Waals surface area contributed by atoms with Crippen LogP contribution >= 0.6 is 0 Å². The van der Waals surface area contributed by atoms with Crippen LogP contribution < -0.4 is 0 Å². The average Bonchev–Trinajstić information content (AvgIpc) is 2.74. The predicted molar refractivity (Wildman–Crippen MR) is 74.2 cm³/mol. The van der Waals surface area contributed by atoms with Crippen LogP contribution in [0.1, 0.15) is 52.8 Å². The molecule has 0 N–H and O–H groups in total. The smallest absolute Gasteiger partial charge is 0.329 e. The van der Waals surface area contributed by atoms with E-state index in [4.69, 9.17) is 4.84 Å². The molecule has 0 saturated carbocycles. The van der Waals surface area contributed by atoms with E-state index in [0.29, 0.717) is 5.06 Å². The van der Waals surface area contributed by atoms with Gasteiger partial charge in [-0.15, -0.1) is 0 Å². The summed E-state index contributed by atoms with van der Waals surface area (Å²) in [5, 5.41) is 0.566. The van der Waals surface area contributed by atoms with E-state index in [-0.39, 0.29) is 17.5 Å². The number of amides is 2. The van der Waals surface area contributed by atoms with E-state index in [0.717, 1.165) is 31.3 Å². The van der Waals surface area contributed by atoms with Crippen LogP contribution in [0.15, 0.2) is 35.9 Å². The zero-order chi connectivity index (χ0) is 14.8. The predicted octanol–water partition coefficient (Wildman–Crippen LogP) is 2.63. The second-order valence-electron chi connectivity index (χ2n) is 5.20. The van der Waals surface area contributed by atoms with Gasteiger partial charge in [0.25, 0.3) is 11.8 Å². The zero-order valence-corrected chi connectivity index (χ0v) is 11.5.